The minimum absolute atomic E-state index is 0.0661. The molecule has 4 nitrogen and oxygen atoms in total. The summed E-state index contributed by atoms with van der Waals surface area (Å²) in [4.78, 5) is 26.7. The van der Waals surface area contributed by atoms with Gasteiger partial charge < -0.3 is 5.32 Å². The third-order valence-corrected chi connectivity index (χ3v) is 5.36. The van der Waals surface area contributed by atoms with Gasteiger partial charge in [0.25, 0.3) is 0 Å². The summed E-state index contributed by atoms with van der Waals surface area (Å²) >= 11 is 0. The summed E-state index contributed by atoms with van der Waals surface area (Å²) < 4.78 is 0. The van der Waals surface area contributed by atoms with Gasteiger partial charge in [0.2, 0.25) is 11.8 Å². The molecule has 2 amide bonds. The van der Waals surface area contributed by atoms with Crippen molar-refractivity contribution in [1.82, 2.24) is 10.2 Å². The first kappa shape index (κ1) is 14.8. The monoisotopic (exact) mass is 290 g/mol. The predicted octanol–water partition coefficient (Wildman–Crippen LogP) is 2.40. The molecule has 2 fully saturated rings. The second kappa shape index (κ2) is 6.30. The number of rotatable bonds is 3. The van der Waals surface area contributed by atoms with Crippen LogP contribution in [0.1, 0.15) is 57.8 Å². The van der Waals surface area contributed by atoms with E-state index in [-0.39, 0.29) is 17.2 Å². The molecule has 21 heavy (non-hydrogen) atoms. The van der Waals surface area contributed by atoms with Crippen molar-refractivity contribution in [3.05, 3.63) is 11.6 Å². The lowest BCUT2D eigenvalue weighted by Crippen LogP contribution is -2.36. The molecule has 116 valence electrons. The van der Waals surface area contributed by atoms with E-state index in [1.807, 2.05) is 0 Å². The minimum atomic E-state index is -0.337. The SMILES string of the molecule is O=C1CC2(CCCCCC2)C(=O)N1CCC1=CCNCC1. The smallest absolute Gasteiger partial charge is 0.235 e. The van der Waals surface area contributed by atoms with Crippen molar-refractivity contribution >= 4 is 11.8 Å². The number of hydrogen-bond donors (Lipinski definition) is 1. The molecule has 1 saturated carbocycles. The second-order valence-electron chi connectivity index (χ2n) is 6.79. The fraction of sp³-hybridized carbons (Fsp3) is 0.765. The van der Waals surface area contributed by atoms with Crippen LogP contribution in [0.2, 0.25) is 0 Å². The predicted molar refractivity (Wildman–Crippen MR) is 81.7 cm³/mol. The van der Waals surface area contributed by atoms with E-state index < -0.39 is 0 Å². The first-order chi connectivity index (χ1) is 10.2. The summed E-state index contributed by atoms with van der Waals surface area (Å²) in [5.41, 5.74) is 1.05. The third-order valence-electron chi connectivity index (χ3n) is 5.36. The fourth-order valence-electron chi connectivity index (χ4n) is 4.03. The average Bonchev–Trinajstić information content (AvgIpc) is 2.67. The van der Waals surface area contributed by atoms with E-state index in [1.165, 1.54) is 18.4 Å². The van der Waals surface area contributed by atoms with Crippen molar-refractivity contribution in [2.75, 3.05) is 19.6 Å². The largest absolute Gasteiger partial charge is 0.313 e. The van der Waals surface area contributed by atoms with E-state index in [1.54, 1.807) is 4.90 Å². The van der Waals surface area contributed by atoms with Crippen LogP contribution in [0.5, 0.6) is 0 Å². The number of amides is 2. The van der Waals surface area contributed by atoms with E-state index in [9.17, 15) is 9.59 Å². The summed E-state index contributed by atoms with van der Waals surface area (Å²) in [5.74, 6) is 0.195. The Morgan fingerprint density at radius 3 is 2.57 bits per heavy atom. The summed E-state index contributed by atoms with van der Waals surface area (Å²) in [5, 5.41) is 3.29. The van der Waals surface area contributed by atoms with Crippen molar-refractivity contribution in [3.8, 4) is 0 Å². The molecule has 0 radical (unpaired) electrons. The van der Waals surface area contributed by atoms with Crippen LogP contribution in [0, 0.1) is 5.41 Å². The van der Waals surface area contributed by atoms with Gasteiger partial charge in [-0.2, -0.15) is 0 Å². The summed E-state index contributed by atoms with van der Waals surface area (Å²) in [7, 11) is 0. The second-order valence-corrected chi connectivity index (χ2v) is 6.79. The Morgan fingerprint density at radius 2 is 1.90 bits per heavy atom. The van der Waals surface area contributed by atoms with Crippen LogP contribution in [0.4, 0.5) is 0 Å². The van der Waals surface area contributed by atoms with Crippen LogP contribution in [0.3, 0.4) is 0 Å². The number of nitrogens with one attached hydrogen (secondary N) is 1. The van der Waals surface area contributed by atoms with Crippen LogP contribution in [0.15, 0.2) is 11.6 Å². The number of likely N-dealkylation sites (tertiary alicyclic amines) is 1. The van der Waals surface area contributed by atoms with Crippen LogP contribution >= 0.6 is 0 Å². The van der Waals surface area contributed by atoms with Gasteiger partial charge in [-0.3, -0.25) is 14.5 Å². The molecule has 3 rings (SSSR count). The molecule has 2 heterocycles. The van der Waals surface area contributed by atoms with Crippen molar-refractivity contribution in [3.63, 3.8) is 0 Å². The van der Waals surface area contributed by atoms with E-state index in [0.29, 0.717) is 13.0 Å². The van der Waals surface area contributed by atoms with Crippen LogP contribution in [-0.2, 0) is 9.59 Å². The zero-order valence-electron chi connectivity index (χ0n) is 12.8. The Hall–Kier alpha value is -1.16. The number of imide groups is 1. The lowest BCUT2D eigenvalue weighted by Gasteiger charge is -2.25. The van der Waals surface area contributed by atoms with Crippen molar-refractivity contribution < 1.29 is 9.59 Å². The van der Waals surface area contributed by atoms with E-state index in [0.717, 1.165) is 51.6 Å². The lowest BCUT2D eigenvalue weighted by atomic mass is 9.79. The standard InChI is InChI=1S/C17H26N2O2/c20-15-13-17(8-3-1-2-4-9-17)16(21)19(15)12-7-14-5-10-18-11-6-14/h5,18H,1-4,6-13H2. The fourth-order valence-corrected chi connectivity index (χ4v) is 4.03. The molecule has 4 heteroatoms. The molecule has 1 saturated heterocycles. The van der Waals surface area contributed by atoms with Crippen LogP contribution in [-0.4, -0.2) is 36.3 Å². The molecule has 1 N–H and O–H groups in total. The zero-order valence-corrected chi connectivity index (χ0v) is 12.8. The van der Waals surface area contributed by atoms with Crippen LogP contribution in [0.25, 0.3) is 0 Å². The molecular weight excluding hydrogens is 264 g/mol. The molecule has 1 spiro atoms. The molecule has 3 aliphatic rings. The molecule has 0 aromatic carbocycles. The average molecular weight is 290 g/mol. The van der Waals surface area contributed by atoms with E-state index in [2.05, 4.69) is 11.4 Å². The van der Waals surface area contributed by atoms with Gasteiger partial charge in [-0.15, -0.1) is 0 Å². The van der Waals surface area contributed by atoms with Gasteiger partial charge in [0.05, 0.1) is 5.41 Å². The number of carbonyl (C=O) groups excluding carboxylic acids is 2. The van der Waals surface area contributed by atoms with Gasteiger partial charge in [0, 0.05) is 19.5 Å². The summed E-state index contributed by atoms with van der Waals surface area (Å²) in [6.45, 7) is 2.52. The Bertz CT molecular complexity index is 448. The Labute approximate surface area is 127 Å². The molecular formula is C17H26N2O2. The molecule has 0 unspecified atom stereocenters. The molecule has 0 atom stereocenters. The van der Waals surface area contributed by atoms with Crippen molar-refractivity contribution in [2.24, 2.45) is 5.41 Å². The number of hydrogen-bond acceptors (Lipinski definition) is 3. The summed E-state index contributed by atoms with van der Waals surface area (Å²) in [6, 6.07) is 0. The van der Waals surface area contributed by atoms with E-state index in [4.69, 9.17) is 0 Å². The van der Waals surface area contributed by atoms with Gasteiger partial charge in [-0.25, -0.2) is 0 Å². The topological polar surface area (TPSA) is 49.4 Å². The molecule has 0 bridgehead atoms. The highest BCUT2D eigenvalue weighted by Gasteiger charge is 2.50. The zero-order chi connectivity index (χ0) is 14.7. The highest BCUT2D eigenvalue weighted by atomic mass is 16.2. The maximum atomic E-state index is 12.8. The van der Waals surface area contributed by atoms with Crippen molar-refractivity contribution in [2.45, 2.75) is 57.8 Å². The highest BCUT2D eigenvalue weighted by molar-refractivity contribution is 6.05. The molecule has 1 aliphatic carbocycles. The molecule has 0 aromatic heterocycles. The number of nitrogens with zero attached hydrogens (tertiary/aromatic N) is 1. The maximum Gasteiger partial charge on any atom is 0.235 e. The quantitative estimate of drug-likeness (QED) is 0.641. The Kier molecular flexibility index (Phi) is 4.43. The van der Waals surface area contributed by atoms with E-state index >= 15 is 0 Å². The Morgan fingerprint density at radius 1 is 1.14 bits per heavy atom. The first-order valence-electron chi connectivity index (χ1n) is 8.45. The van der Waals surface area contributed by atoms with Gasteiger partial charge in [-0.1, -0.05) is 37.3 Å². The minimum Gasteiger partial charge on any atom is -0.313 e. The highest BCUT2D eigenvalue weighted by Crippen LogP contribution is 2.44. The number of carbonyl (C=O) groups is 2. The summed E-state index contributed by atoms with van der Waals surface area (Å²) in [6.07, 6.45) is 11.0. The lowest BCUT2D eigenvalue weighted by molar-refractivity contribution is -0.141. The van der Waals surface area contributed by atoms with Gasteiger partial charge in [0.1, 0.15) is 0 Å². The normalized spacial score (nSPS) is 26.1. The third kappa shape index (κ3) is 3.05. The first-order valence-corrected chi connectivity index (χ1v) is 8.45. The Balaban J connectivity index is 1.64. The van der Waals surface area contributed by atoms with Crippen molar-refractivity contribution in [1.29, 1.82) is 0 Å². The van der Waals surface area contributed by atoms with Gasteiger partial charge in [0.15, 0.2) is 0 Å². The van der Waals surface area contributed by atoms with Crippen LogP contribution < -0.4 is 5.32 Å². The maximum absolute atomic E-state index is 12.8. The van der Waals surface area contributed by atoms with Gasteiger partial charge >= 0.3 is 0 Å². The molecule has 0 aromatic rings. The molecule has 2 aliphatic heterocycles. The van der Waals surface area contributed by atoms with Gasteiger partial charge in [-0.05, 0) is 32.2 Å².